The predicted octanol–water partition coefficient (Wildman–Crippen LogP) is 2.74. The molecule has 1 aliphatic heterocycles. The fraction of sp³-hybridized carbons (Fsp3) is 0.500. The van der Waals surface area contributed by atoms with Crippen molar-refractivity contribution in [3.05, 3.63) is 34.9 Å². The van der Waals surface area contributed by atoms with E-state index in [-0.39, 0.29) is 11.7 Å². The summed E-state index contributed by atoms with van der Waals surface area (Å²) in [5, 5.41) is 0. The van der Waals surface area contributed by atoms with Crippen LogP contribution in [0, 0.1) is 19.3 Å². The second-order valence-corrected chi connectivity index (χ2v) is 6.10. The van der Waals surface area contributed by atoms with Crippen molar-refractivity contribution in [2.75, 3.05) is 13.1 Å². The standard InChI is InChI=1S/C16H21NO2/c1-11-5-6-13(12(2)9-11)15(19)17-8-7-14(18)16(3,4)10-17/h5-6,9H,7-8,10H2,1-4H3. The molecule has 1 aliphatic rings. The van der Waals surface area contributed by atoms with E-state index in [4.69, 9.17) is 0 Å². The second kappa shape index (κ2) is 4.80. The van der Waals surface area contributed by atoms with Crippen LogP contribution in [0.1, 0.15) is 41.8 Å². The lowest BCUT2D eigenvalue weighted by atomic mass is 9.82. The van der Waals surface area contributed by atoms with Crippen LogP contribution in [-0.4, -0.2) is 29.7 Å². The van der Waals surface area contributed by atoms with Gasteiger partial charge in [-0.25, -0.2) is 0 Å². The molecule has 1 fully saturated rings. The SMILES string of the molecule is Cc1ccc(C(=O)N2CCC(=O)C(C)(C)C2)c(C)c1. The number of amides is 1. The minimum atomic E-state index is -0.424. The van der Waals surface area contributed by atoms with Crippen LogP contribution in [0.3, 0.4) is 0 Å². The van der Waals surface area contributed by atoms with E-state index in [9.17, 15) is 9.59 Å². The third-order valence-corrected chi connectivity index (χ3v) is 3.85. The highest BCUT2D eigenvalue weighted by Crippen LogP contribution is 2.26. The molecule has 0 aromatic heterocycles. The molecule has 1 aromatic rings. The maximum absolute atomic E-state index is 12.5. The average molecular weight is 259 g/mol. The van der Waals surface area contributed by atoms with Crippen LogP contribution in [-0.2, 0) is 4.79 Å². The van der Waals surface area contributed by atoms with Gasteiger partial charge in [-0.2, -0.15) is 0 Å². The predicted molar refractivity (Wildman–Crippen MR) is 75.2 cm³/mol. The van der Waals surface area contributed by atoms with Crippen molar-refractivity contribution in [2.45, 2.75) is 34.1 Å². The van der Waals surface area contributed by atoms with Crippen molar-refractivity contribution < 1.29 is 9.59 Å². The van der Waals surface area contributed by atoms with E-state index in [1.807, 2.05) is 45.9 Å². The van der Waals surface area contributed by atoms with Gasteiger partial charge in [0.2, 0.25) is 0 Å². The van der Waals surface area contributed by atoms with E-state index in [2.05, 4.69) is 0 Å². The first kappa shape index (κ1) is 13.8. The summed E-state index contributed by atoms with van der Waals surface area (Å²) in [4.78, 5) is 26.1. The van der Waals surface area contributed by atoms with Gasteiger partial charge in [-0.15, -0.1) is 0 Å². The highest BCUT2D eigenvalue weighted by atomic mass is 16.2. The molecule has 0 radical (unpaired) electrons. The molecule has 1 amide bonds. The van der Waals surface area contributed by atoms with Gasteiger partial charge in [-0.1, -0.05) is 31.5 Å². The zero-order valence-electron chi connectivity index (χ0n) is 12.1. The topological polar surface area (TPSA) is 37.4 Å². The fourth-order valence-corrected chi connectivity index (χ4v) is 2.62. The summed E-state index contributed by atoms with van der Waals surface area (Å²) < 4.78 is 0. The number of Topliss-reactive ketones (excluding diaryl/α,β-unsaturated/α-hetero) is 1. The van der Waals surface area contributed by atoms with Crippen LogP contribution in [0.2, 0.25) is 0 Å². The summed E-state index contributed by atoms with van der Waals surface area (Å²) in [6.45, 7) is 8.85. The first-order chi connectivity index (χ1) is 8.81. The van der Waals surface area contributed by atoms with Crippen molar-refractivity contribution in [3.63, 3.8) is 0 Å². The molecule has 3 heteroatoms. The molecule has 2 rings (SSSR count). The molecular formula is C16H21NO2. The number of rotatable bonds is 1. The number of carbonyl (C=O) groups is 2. The van der Waals surface area contributed by atoms with E-state index in [1.165, 1.54) is 0 Å². The molecule has 1 heterocycles. The Kier molecular flexibility index (Phi) is 3.48. The summed E-state index contributed by atoms with van der Waals surface area (Å²) in [6, 6.07) is 5.87. The van der Waals surface area contributed by atoms with Crippen LogP contribution in [0.4, 0.5) is 0 Å². The summed E-state index contributed by atoms with van der Waals surface area (Å²) in [5.74, 6) is 0.287. The molecule has 3 nitrogen and oxygen atoms in total. The lowest BCUT2D eigenvalue weighted by Crippen LogP contribution is -2.48. The van der Waals surface area contributed by atoms with Crippen LogP contribution in [0.25, 0.3) is 0 Å². The quantitative estimate of drug-likeness (QED) is 0.777. The van der Waals surface area contributed by atoms with E-state index in [1.54, 1.807) is 4.90 Å². The molecule has 0 spiro atoms. The molecule has 19 heavy (non-hydrogen) atoms. The Morgan fingerprint density at radius 1 is 1.26 bits per heavy atom. The highest BCUT2D eigenvalue weighted by Gasteiger charge is 2.36. The third kappa shape index (κ3) is 2.70. The fourth-order valence-electron chi connectivity index (χ4n) is 2.62. The number of likely N-dealkylation sites (tertiary alicyclic amines) is 1. The van der Waals surface area contributed by atoms with E-state index >= 15 is 0 Å². The van der Waals surface area contributed by atoms with Gasteiger partial charge < -0.3 is 4.90 Å². The van der Waals surface area contributed by atoms with Crippen molar-refractivity contribution in [1.29, 1.82) is 0 Å². The number of aryl methyl sites for hydroxylation is 2. The number of carbonyl (C=O) groups excluding carboxylic acids is 2. The van der Waals surface area contributed by atoms with Gasteiger partial charge in [0.05, 0.1) is 0 Å². The number of hydrogen-bond donors (Lipinski definition) is 0. The Hall–Kier alpha value is -1.64. The van der Waals surface area contributed by atoms with E-state index in [0.29, 0.717) is 19.5 Å². The normalized spacial score (nSPS) is 18.5. The molecule has 0 bridgehead atoms. The largest absolute Gasteiger partial charge is 0.337 e. The van der Waals surface area contributed by atoms with Gasteiger partial charge in [-0.3, -0.25) is 9.59 Å². The zero-order chi connectivity index (χ0) is 14.2. The molecule has 0 N–H and O–H groups in total. The molecule has 0 atom stereocenters. The molecular weight excluding hydrogens is 238 g/mol. The smallest absolute Gasteiger partial charge is 0.254 e. The Morgan fingerprint density at radius 3 is 2.53 bits per heavy atom. The summed E-state index contributed by atoms with van der Waals surface area (Å²) in [5.41, 5.74) is 2.48. The molecule has 1 saturated heterocycles. The molecule has 0 aliphatic carbocycles. The summed E-state index contributed by atoms with van der Waals surface area (Å²) in [6.07, 6.45) is 0.462. The average Bonchev–Trinajstić information content (AvgIpc) is 2.32. The molecule has 0 unspecified atom stereocenters. The summed E-state index contributed by atoms with van der Waals surface area (Å²) >= 11 is 0. The lowest BCUT2D eigenvalue weighted by Gasteiger charge is -2.37. The third-order valence-electron chi connectivity index (χ3n) is 3.85. The Labute approximate surface area is 114 Å². The Morgan fingerprint density at radius 2 is 1.95 bits per heavy atom. The Balaban J connectivity index is 2.23. The maximum Gasteiger partial charge on any atom is 0.254 e. The molecule has 0 saturated carbocycles. The van der Waals surface area contributed by atoms with E-state index in [0.717, 1.165) is 16.7 Å². The highest BCUT2D eigenvalue weighted by molar-refractivity contribution is 5.97. The van der Waals surface area contributed by atoms with E-state index < -0.39 is 5.41 Å². The van der Waals surface area contributed by atoms with Gasteiger partial charge in [-0.05, 0) is 25.5 Å². The number of nitrogens with zero attached hydrogens (tertiary/aromatic N) is 1. The number of ketones is 1. The number of benzene rings is 1. The monoisotopic (exact) mass is 259 g/mol. The van der Waals surface area contributed by atoms with Crippen LogP contribution >= 0.6 is 0 Å². The van der Waals surface area contributed by atoms with Gasteiger partial charge >= 0.3 is 0 Å². The summed E-state index contributed by atoms with van der Waals surface area (Å²) in [7, 11) is 0. The minimum absolute atomic E-state index is 0.0399. The van der Waals surface area contributed by atoms with Gasteiger partial charge in [0.15, 0.2) is 0 Å². The van der Waals surface area contributed by atoms with Gasteiger partial charge in [0, 0.05) is 30.5 Å². The lowest BCUT2D eigenvalue weighted by molar-refractivity contribution is -0.130. The van der Waals surface area contributed by atoms with Crippen LogP contribution in [0.15, 0.2) is 18.2 Å². The second-order valence-electron chi connectivity index (χ2n) is 6.10. The first-order valence-electron chi connectivity index (χ1n) is 6.71. The van der Waals surface area contributed by atoms with Crippen molar-refractivity contribution in [3.8, 4) is 0 Å². The van der Waals surface area contributed by atoms with Crippen molar-refractivity contribution in [1.82, 2.24) is 4.90 Å². The zero-order valence-corrected chi connectivity index (χ0v) is 12.1. The Bertz CT molecular complexity index is 532. The number of hydrogen-bond acceptors (Lipinski definition) is 2. The van der Waals surface area contributed by atoms with Gasteiger partial charge in [0.25, 0.3) is 5.91 Å². The van der Waals surface area contributed by atoms with Crippen molar-refractivity contribution >= 4 is 11.7 Å². The first-order valence-corrected chi connectivity index (χ1v) is 6.71. The van der Waals surface area contributed by atoms with Crippen molar-refractivity contribution in [2.24, 2.45) is 5.41 Å². The van der Waals surface area contributed by atoms with Crippen LogP contribution in [0.5, 0.6) is 0 Å². The minimum Gasteiger partial charge on any atom is -0.337 e. The van der Waals surface area contributed by atoms with Crippen LogP contribution < -0.4 is 0 Å². The number of piperidine rings is 1. The molecule has 1 aromatic carbocycles. The van der Waals surface area contributed by atoms with Gasteiger partial charge in [0.1, 0.15) is 5.78 Å². The maximum atomic E-state index is 12.5. The molecule has 102 valence electrons.